The summed E-state index contributed by atoms with van der Waals surface area (Å²) in [5.74, 6) is 0.286. The van der Waals surface area contributed by atoms with E-state index in [4.69, 9.17) is 0 Å². The molecule has 1 N–H and O–H groups in total. The van der Waals surface area contributed by atoms with Crippen molar-refractivity contribution < 1.29 is 9.18 Å². The van der Waals surface area contributed by atoms with Crippen LogP contribution in [0.15, 0.2) is 48.8 Å². The molecule has 0 spiro atoms. The van der Waals surface area contributed by atoms with Gasteiger partial charge in [0, 0.05) is 31.4 Å². The van der Waals surface area contributed by atoms with E-state index >= 15 is 0 Å². The molecule has 0 saturated heterocycles. The third-order valence-corrected chi connectivity index (χ3v) is 4.86. The zero-order valence-corrected chi connectivity index (χ0v) is 15.7. The van der Waals surface area contributed by atoms with Gasteiger partial charge in [-0.05, 0) is 36.7 Å². The number of hydrogen-bond donors (Lipinski definition) is 1. The quantitative estimate of drug-likeness (QED) is 0.740. The summed E-state index contributed by atoms with van der Waals surface area (Å²) < 4.78 is 14.8. The molecule has 1 aliphatic rings. The highest BCUT2D eigenvalue weighted by Crippen LogP contribution is 2.24. The van der Waals surface area contributed by atoms with Gasteiger partial charge in [0.15, 0.2) is 5.82 Å². The maximum Gasteiger partial charge on any atom is 0.255 e. The number of hydrogen-bond acceptors (Lipinski definition) is 4. The third kappa shape index (κ3) is 3.66. The van der Waals surface area contributed by atoms with Gasteiger partial charge in [0.1, 0.15) is 5.82 Å². The number of amides is 1. The first-order valence-electron chi connectivity index (χ1n) is 9.42. The summed E-state index contributed by atoms with van der Waals surface area (Å²) in [5, 5.41) is 7.37. The Morgan fingerprint density at radius 3 is 2.82 bits per heavy atom. The molecule has 6 nitrogen and oxygen atoms in total. The molecule has 1 amide bonds. The average molecular weight is 379 g/mol. The Bertz CT molecular complexity index is 983. The van der Waals surface area contributed by atoms with Crippen molar-refractivity contribution in [3.8, 4) is 5.82 Å². The Morgan fingerprint density at radius 2 is 2.04 bits per heavy atom. The van der Waals surface area contributed by atoms with Crippen LogP contribution < -0.4 is 5.32 Å². The number of nitrogens with zero attached hydrogens (tertiary/aromatic N) is 4. The lowest BCUT2D eigenvalue weighted by Gasteiger charge is -2.19. The normalized spacial score (nSPS) is 13.5. The number of nitrogens with one attached hydrogen (secondary N) is 1. The number of carbonyl (C=O) groups is 1. The molecule has 0 radical (unpaired) electrons. The van der Waals surface area contributed by atoms with Crippen molar-refractivity contribution in [2.45, 2.75) is 33.0 Å². The maximum absolute atomic E-state index is 13.0. The molecule has 2 aromatic heterocycles. The summed E-state index contributed by atoms with van der Waals surface area (Å²) in [6.07, 6.45) is 4.37. The van der Waals surface area contributed by atoms with Crippen LogP contribution in [0.3, 0.4) is 0 Å². The van der Waals surface area contributed by atoms with Crippen LogP contribution in [0.5, 0.6) is 0 Å². The van der Waals surface area contributed by atoms with Crippen molar-refractivity contribution in [3.05, 3.63) is 77.0 Å². The molecule has 1 aromatic carbocycles. The molecule has 3 aromatic rings. The maximum atomic E-state index is 13.0. The van der Waals surface area contributed by atoms with Gasteiger partial charge in [0.25, 0.3) is 5.91 Å². The van der Waals surface area contributed by atoms with Crippen LogP contribution in [0.2, 0.25) is 0 Å². The molecule has 0 saturated carbocycles. The Hall–Kier alpha value is -3.06. The van der Waals surface area contributed by atoms with E-state index in [2.05, 4.69) is 33.3 Å². The number of aromatic nitrogens is 3. The number of halogens is 1. The van der Waals surface area contributed by atoms with E-state index in [0.717, 1.165) is 42.1 Å². The van der Waals surface area contributed by atoms with Crippen molar-refractivity contribution in [1.82, 2.24) is 25.0 Å². The second-order valence-electron chi connectivity index (χ2n) is 6.92. The molecule has 4 rings (SSSR count). The molecule has 7 heteroatoms. The summed E-state index contributed by atoms with van der Waals surface area (Å²) >= 11 is 0. The summed E-state index contributed by atoms with van der Waals surface area (Å²) in [7, 11) is 0. The van der Waals surface area contributed by atoms with Crippen LogP contribution in [-0.4, -0.2) is 32.1 Å². The Morgan fingerprint density at radius 1 is 1.21 bits per heavy atom. The topological polar surface area (TPSA) is 63.1 Å². The van der Waals surface area contributed by atoms with Crippen molar-refractivity contribution in [2.75, 3.05) is 6.54 Å². The van der Waals surface area contributed by atoms with Gasteiger partial charge in [-0.2, -0.15) is 5.10 Å². The highest BCUT2D eigenvalue weighted by Gasteiger charge is 2.25. The van der Waals surface area contributed by atoms with Gasteiger partial charge in [-0.1, -0.05) is 25.1 Å². The van der Waals surface area contributed by atoms with Crippen molar-refractivity contribution in [3.63, 3.8) is 0 Å². The molecule has 3 heterocycles. The minimum absolute atomic E-state index is 0.193. The van der Waals surface area contributed by atoms with Crippen molar-refractivity contribution in [1.29, 1.82) is 0 Å². The van der Waals surface area contributed by atoms with Crippen LogP contribution >= 0.6 is 0 Å². The SMILES string of the molecule is CCCN1Cc2cccnc2-n2ncc(C(=O)NCc3ccc(F)cc3)c2C1. The van der Waals surface area contributed by atoms with Gasteiger partial charge < -0.3 is 5.32 Å². The van der Waals surface area contributed by atoms with Crippen LogP contribution in [0.4, 0.5) is 4.39 Å². The second kappa shape index (κ2) is 7.90. The first kappa shape index (κ1) is 18.3. The molecule has 1 aliphatic heterocycles. The molecule has 0 aliphatic carbocycles. The lowest BCUT2D eigenvalue weighted by molar-refractivity contribution is 0.0948. The van der Waals surface area contributed by atoms with Crippen molar-refractivity contribution >= 4 is 5.91 Å². The lowest BCUT2D eigenvalue weighted by atomic mass is 10.2. The van der Waals surface area contributed by atoms with E-state index < -0.39 is 0 Å². The smallest absolute Gasteiger partial charge is 0.255 e. The van der Waals surface area contributed by atoms with Crippen molar-refractivity contribution in [2.24, 2.45) is 0 Å². The predicted octanol–water partition coefficient (Wildman–Crippen LogP) is 3.06. The van der Waals surface area contributed by atoms with Gasteiger partial charge in [0.2, 0.25) is 0 Å². The standard InChI is InChI=1S/C21H22FN5O/c1-2-10-26-13-16-4-3-9-23-20(16)27-19(14-26)18(12-25-27)21(28)24-11-15-5-7-17(22)8-6-15/h3-9,12H,2,10-11,13-14H2,1H3,(H,24,28). The molecular formula is C21H22FN5O. The number of fused-ring (bicyclic) bond motifs is 3. The van der Waals surface area contributed by atoms with Crippen LogP contribution in [0.1, 0.15) is 40.5 Å². The Labute approximate surface area is 163 Å². The van der Waals surface area contributed by atoms with Gasteiger partial charge >= 0.3 is 0 Å². The van der Waals surface area contributed by atoms with Gasteiger partial charge in [-0.25, -0.2) is 14.1 Å². The Balaban J connectivity index is 1.61. The number of carbonyl (C=O) groups excluding carboxylic acids is 1. The first-order chi connectivity index (χ1) is 13.7. The number of benzene rings is 1. The molecule has 0 atom stereocenters. The molecular weight excluding hydrogens is 357 g/mol. The van der Waals surface area contributed by atoms with Gasteiger partial charge in [-0.3, -0.25) is 9.69 Å². The Kier molecular flexibility index (Phi) is 5.16. The van der Waals surface area contributed by atoms with E-state index in [1.54, 1.807) is 29.2 Å². The van der Waals surface area contributed by atoms with Crippen LogP contribution in [-0.2, 0) is 19.6 Å². The fraction of sp³-hybridized carbons (Fsp3) is 0.286. The highest BCUT2D eigenvalue weighted by atomic mass is 19.1. The molecule has 0 unspecified atom stereocenters. The van der Waals surface area contributed by atoms with Crippen LogP contribution in [0.25, 0.3) is 5.82 Å². The summed E-state index contributed by atoms with van der Waals surface area (Å²) in [4.78, 5) is 19.6. The minimum Gasteiger partial charge on any atom is -0.348 e. The first-order valence-corrected chi connectivity index (χ1v) is 9.42. The highest BCUT2D eigenvalue weighted by molar-refractivity contribution is 5.95. The fourth-order valence-electron chi connectivity index (χ4n) is 3.51. The zero-order valence-electron chi connectivity index (χ0n) is 15.7. The van der Waals surface area contributed by atoms with Crippen LogP contribution in [0, 0.1) is 5.82 Å². The van der Waals surface area contributed by atoms with E-state index in [1.807, 2.05) is 6.07 Å². The predicted molar refractivity (Wildman–Crippen MR) is 103 cm³/mol. The minimum atomic E-state index is -0.292. The molecule has 0 bridgehead atoms. The van der Waals surface area contributed by atoms with E-state index in [1.165, 1.54) is 12.1 Å². The molecule has 0 fully saturated rings. The second-order valence-corrected chi connectivity index (χ2v) is 6.92. The number of pyridine rings is 1. The monoisotopic (exact) mass is 379 g/mol. The average Bonchev–Trinajstić information content (AvgIpc) is 3.04. The summed E-state index contributed by atoms with van der Waals surface area (Å²) in [6, 6.07) is 10.1. The van der Waals surface area contributed by atoms with E-state index in [9.17, 15) is 9.18 Å². The summed E-state index contributed by atoms with van der Waals surface area (Å²) in [6.45, 7) is 4.80. The number of rotatable bonds is 5. The van der Waals surface area contributed by atoms with Gasteiger partial charge in [0.05, 0.1) is 17.5 Å². The lowest BCUT2D eigenvalue weighted by Crippen LogP contribution is -2.27. The van der Waals surface area contributed by atoms with E-state index in [-0.39, 0.29) is 11.7 Å². The largest absolute Gasteiger partial charge is 0.348 e. The summed E-state index contributed by atoms with van der Waals surface area (Å²) in [5.41, 5.74) is 3.31. The van der Waals surface area contributed by atoms with Gasteiger partial charge in [-0.15, -0.1) is 0 Å². The van der Waals surface area contributed by atoms with E-state index in [0.29, 0.717) is 18.7 Å². The third-order valence-electron chi connectivity index (χ3n) is 4.86. The fourth-order valence-corrected chi connectivity index (χ4v) is 3.51. The molecule has 28 heavy (non-hydrogen) atoms. The zero-order chi connectivity index (χ0) is 19.5. The molecule has 144 valence electrons.